The van der Waals surface area contributed by atoms with Crippen molar-refractivity contribution in [1.29, 1.82) is 0 Å². The molecule has 3 rings (SSSR count). The molecule has 0 unspecified atom stereocenters. The Morgan fingerprint density at radius 2 is 2.00 bits per heavy atom. The third kappa shape index (κ3) is 5.92. The molecule has 9 heteroatoms. The van der Waals surface area contributed by atoms with Gasteiger partial charge in [-0.3, -0.25) is 19.0 Å². The van der Waals surface area contributed by atoms with Crippen molar-refractivity contribution >= 4 is 35.2 Å². The number of carbonyl (C=O) groups excluding carboxylic acids is 2. The Kier molecular flexibility index (Phi) is 8.37. The van der Waals surface area contributed by atoms with E-state index in [1.165, 1.54) is 16.3 Å². The monoisotopic (exact) mass is 477 g/mol. The van der Waals surface area contributed by atoms with Crippen molar-refractivity contribution in [3.63, 3.8) is 0 Å². The van der Waals surface area contributed by atoms with Crippen LogP contribution < -0.4 is 5.56 Å². The summed E-state index contributed by atoms with van der Waals surface area (Å²) in [5.41, 5.74) is 2.09. The molecule has 1 aliphatic rings. The highest BCUT2D eigenvalue weighted by atomic mass is 35.5. The van der Waals surface area contributed by atoms with E-state index in [2.05, 4.69) is 4.98 Å². The van der Waals surface area contributed by atoms with Crippen molar-refractivity contribution in [3.05, 3.63) is 56.5 Å². The highest BCUT2D eigenvalue weighted by Gasteiger charge is 2.28. The van der Waals surface area contributed by atoms with Crippen LogP contribution in [0.4, 0.5) is 0 Å². The molecule has 1 aromatic carbocycles. The molecule has 0 radical (unpaired) electrons. The van der Waals surface area contributed by atoms with Gasteiger partial charge in [0, 0.05) is 42.8 Å². The standard InChI is InChI=1S/C23H28ClN3O4S/c1-4-31-22(30)17-8-10-27(11-9-17)20(28)14-32-23-25-15(2)19(21(29)26(23)3)13-16-6-5-7-18(24)12-16/h5-7,12,17H,4,8-11,13-14H2,1-3H3. The van der Waals surface area contributed by atoms with Gasteiger partial charge < -0.3 is 9.64 Å². The quantitative estimate of drug-likeness (QED) is 0.346. The number of amides is 1. The number of rotatable bonds is 7. The number of ether oxygens (including phenoxy) is 1. The number of benzene rings is 1. The Labute approximate surface area is 197 Å². The van der Waals surface area contributed by atoms with Crippen molar-refractivity contribution in [2.24, 2.45) is 13.0 Å². The molecule has 1 amide bonds. The lowest BCUT2D eigenvalue weighted by Gasteiger charge is -2.30. The molecule has 2 heterocycles. The topological polar surface area (TPSA) is 81.5 Å². The number of halogens is 1. The minimum Gasteiger partial charge on any atom is -0.466 e. The Morgan fingerprint density at radius 1 is 1.28 bits per heavy atom. The van der Waals surface area contributed by atoms with Crippen LogP contribution >= 0.6 is 23.4 Å². The van der Waals surface area contributed by atoms with Gasteiger partial charge in [-0.2, -0.15) is 0 Å². The highest BCUT2D eigenvalue weighted by molar-refractivity contribution is 7.99. The van der Waals surface area contributed by atoms with Crippen LogP contribution in [0.3, 0.4) is 0 Å². The molecule has 0 aliphatic carbocycles. The molecule has 0 N–H and O–H groups in total. The summed E-state index contributed by atoms with van der Waals surface area (Å²) >= 11 is 7.32. The van der Waals surface area contributed by atoms with E-state index in [1.54, 1.807) is 24.9 Å². The molecule has 0 atom stereocenters. The second-order valence-corrected chi connectivity index (χ2v) is 9.20. The summed E-state index contributed by atoms with van der Waals surface area (Å²) in [6.45, 7) is 5.05. The Balaban J connectivity index is 1.61. The number of thioether (sulfide) groups is 1. The van der Waals surface area contributed by atoms with E-state index in [9.17, 15) is 14.4 Å². The first-order valence-electron chi connectivity index (χ1n) is 10.7. The van der Waals surface area contributed by atoms with Gasteiger partial charge in [0.2, 0.25) is 5.91 Å². The van der Waals surface area contributed by atoms with Gasteiger partial charge in [0.05, 0.1) is 18.3 Å². The molecular formula is C23H28ClN3O4S. The number of aromatic nitrogens is 2. The van der Waals surface area contributed by atoms with Crippen molar-refractivity contribution in [3.8, 4) is 0 Å². The van der Waals surface area contributed by atoms with Gasteiger partial charge in [0.25, 0.3) is 5.56 Å². The maximum Gasteiger partial charge on any atom is 0.309 e. The molecule has 0 bridgehead atoms. The van der Waals surface area contributed by atoms with Crippen LogP contribution in [0.2, 0.25) is 5.02 Å². The van der Waals surface area contributed by atoms with Crippen molar-refractivity contribution in [2.75, 3.05) is 25.4 Å². The molecule has 0 saturated carbocycles. The molecule has 1 saturated heterocycles. The number of likely N-dealkylation sites (tertiary alicyclic amines) is 1. The molecule has 32 heavy (non-hydrogen) atoms. The van der Waals surface area contributed by atoms with Crippen LogP contribution in [-0.4, -0.2) is 51.8 Å². The minimum absolute atomic E-state index is 0.0211. The summed E-state index contributed by atoms with van der Waals surface area (Å²) in [4.78, 5) is 43.8. The van der Waals surface area contributed by atoms with E-state index in [1.807, 2.05) is 25.1 Å². The molecular weight excluding hydrogens is 450 g/mol. The molecule has 2 aromatic rings. The summed E-state index contributed by atoms with van der Waals surface area (Å²) < 4.78 is 6.58. The summed E-state index contributed by atoms with van der Waals surface area (Å²) in [5.74, 6) is -0.144. The Morgan fingerprint density at radius 3 is 2.66 bits per heavy atom. The second kappa shape index (κ2) is 11.0. The zero-order valence-corrected chi connectivity index (χ0v) is 20.2. The van der Waals surface area contributed by atoms with Crippen LogP contribution in [0.15, 0.2) is 34.2 Å². The SMILES string of the molecule is CCOC(=O)C1CCN(C(=O)CSc2nc(C)c(Cc3cccc(Cl)c3)c(=O)n2C)CC1. The smallest absolute Gasteiger partial charge is 0.309 e. The maximum absolute atomic E-state index is 12.9. The normalized spacial score (nSPS) is 14.4. The maximum atomic E-state index is 12.9. The number of nitrogens with zero attached hydrogens (tertiary/aromatic N) is 3. The molecule has 172 valence electrons. The first-order chi connectivity index (χ1) is 15.3. The van der Waals surface area contributed by atoms with E-state index in [4.69, 9.17) is 16.3 Å². The van der Waals surface area contributed by atoms with Crippen molar-refractivity contribution in [2.45, 2.75) is 38.3 Å². The van der Waals surface area contributed by atoms with Crippen LogP contribution in [0.25, 0.3) is 0 Å². The predicted octanol–water partition coefficient (Wildman–Crippen LogP) is 3.23. The predicted molar refractivity (Wildman–Crippen MR) is 125 cm³/mol. The van der Waals surface area contributed by atoms with Crippen molar-refractivity contribution in [1.82, 2.24) is 14.5 Å². The fourth-order valence-corrected chi connectivity index (χ4v) is 4.88. The number of esters is 1. The Bertz CT molecular complexity index is 1050. The fraction of sp³-hybridized carbons (Fsp3) is 0.478. The van der Waals surface area contributed by atoms with E-state index in [0.29, 0.717) is 60.4 Å². The lowest BCUT2D eigenvalue weighted by molar-refractivity contribution is -0.151. The number of hydrogen-bond acceptors (Lipinski definition) is 6. The van der Waals surface area contributed by atoms with E-state index >= 15 is 0 Å². The first-order valence-corrected chi connectivity index (χ1v) is 12.0. The largest absolute Gasteiger partial charge is 0.466 e. The average Bonchev–Trinajstić information content (AvgIpc) is 2.78. The Hall–Kier alpha value is -2.32. The van der Waals surface area contributed by atoms with E-state index in [-0.39, 0.29) is 29.1 Å². The van der Waals surface area contributed by atoms with Crippen LogP contribution in [0, 0.1) is 12.8 Å². The number of aryl methyl sites for hydroxylation is 1. The fourth-order valence-electron chi connectivity index (χ4n) is 3.76. The third-order valence-electron chi connectivity index (χ3n) is 5.61. The first kappa shape index (κ1) is 24.3. The summed E-state index contributed by atoms with van der Waals surface area (Å²) in [6, 6.07) is 7.42. The minimum atomic E-state index is -0.179. The van der Waals surface area contributed by atoms with Gasteiger partial charge >= 0.3 is 5.97 Å². The zero-order valence-electron chi connectivity index (χ0n) is 18.6. The summed E-state index contributed by atoms with van der Waals surface area (Å²) in [7, 11) is 1.67. The summed E-state index contributed by atoms with van der Waals surface area (Å²) in [5, 5.41) is 1.14. The number of piperidine rings is 1. The van der Waals surface area contributed by atoms with Gasteiger partial charge in [0.1, 0.15) is 0 Å². The van der Waals surface area contributed by atoms with Crippen LogP contribution in [-0.2, 0) is 27.8 Å². The van der Waals surface area contributed by atoms with E-state index in [0.717, 1.165) is 5.56 Å². The average molecular weight is 478 g/mol. The molecule has 1 aliphatic heterocycles. The zero-order chi connectivity index (χ0) is 23.3. The third-order valence-corrected chi connectivity index (χ3v) is 6.86. The van der Waals surface area contributed by atoms with E-state index < -0.39 is 0 Å². The molecule has 1 fully saturated rings. The van der Waals surface area contributed by atoms with Crippen molar-refractivity contribution < 1.29 is 14.3 Å². The lowest BCUT2D eigenvalue weighted by atomic mass is 9.97. The van der Waals surface area contributed by atoms with Gasteiger partial charge in [-0.05, 0) is 44.4 Å². The summed E-state index contributed by atoms with van der Waals surface area (Å²) in [6.07, 6.45) is 1.68. The highest BCUT2D eigenvalue weighted by Crippen LogP contribution is 2.22. The van der Waals surface area contributed by atoms with Gasteiger partial charge in [0.15, 0.2) is 5.16 Å². The van der Waals surface area contributed by atoms with Gasteiger partial charge in [-0.15, -0.1) is 0 Å². The second-order valence-electron chi connectivity index (χ2n) is 7.82. The molecule has 0 spiro atoms. The van der Waals surface area contributed by atoms with Gasteiger partial charge in [-0.1, -0.05) is 35.5 Å². The number of hydrogen-bond donors (Lipinski definition) is 0. The lowest BCUT2D eigenvalue weighted by Crippen LogP contribution is -2.41. The van der Waals surface area contributed by atoms with Crippen LogP contribution in [0.5, 0.6) is 0 Å². The van der Waals surface area contributed by atoms with Gasteiger partial charge in [-0.25, -0.2) is 4.98 Å². The molecule has 1 aromatic heterocycles. The van der Waals surface area contributed by atoms with Crippen LogP contribution in [0.1, 0.15) is 36.6 Å². The number of carbonyl (C=O) groups is 2. The molecule has 7 nitrogen and oxygen atoms in total.